The fourth-order valence-corrected chi connectivity index (χ4v) is 4.62. The standard InChI is InChI=1S/C15H26O/c1-11-12(10-16)9-14(4)8-6-7-13(2,3)15(11,14)5/h12,16H,1,6-10H2,2-5H3/t12-,14+,15+/m0/s1. The highest BCUT2D eigenvalue weighted by atomic mass is 16.3. The van der Waals surface area contributed by atoms with Crippen molar-refractivity contribution >= 4 is 0 Å². The van der Waals surface area contributed by atoms with Crippen LogP contribution in [0.2, 0.25) is 0 Å². The average molecular weight is 222 g/mol. The van der Waals surface area contributed by atoms with Crippen LogP contribution in [-0.2, 0) is 0 Å². The number of hydrogen-bond donors (Lipinski definition) is 1. The van der Waals surface area contributed by atoms with Crippen LogP contribution < -0.4 is 0 Å². The minimum atomic E-state index is 0.200. The smallest absolute Gasteiger partial charge is 0.0496 e. The van der Waals surface area contributed by atoms with Gasteiger partial charge in [0.15, 0.2) is 0 Å². The zero-order valence-corrected chi connectivity index (χ0v) is 11.3. The van der Waals surface area contributed by atoms with Crippen molar-refractivity contribution in [1.82, 2.24) is 0 Å². The molecule has 0 spiro atoms. The summed E-state index contributed by atoms with van der Waals surface area (Å²) in [4.78, 5) is 0. The largest absolute Gasteiger partial charge is 0.396 e. The summed E-state index contributed by atoms with van der Waals surface area (Å²) in [5, 5.41) is 9.52. The zero-order valence-electron chi connectivity index (χ0n) is 11.3. The van der Waals surface area contributed by atoms with Crippen LogP contribution in [0, 0.1) is 22.2 Å². The number of rotatable bonds is 1. The first-order chi connectivity index (χ1) is 7.28. The van der Waals surface area contributed by atoms with Gasteiger partial charge in [-0.15, -0.1) is 0 Å². The molecule has 2 rings (SSSR count). The third-order valence-electron chi connectivity index (χ3n) is 6.14. The molecular weight excluding hydrogens is 196 g/mol. The predicted molar refractivity (Wildman–Crippen MR) is 68.2 cm³/mol. The van der Waals surface area contributed by atoms with E-state index < -0.39 is 0 Å². The molecule has 0 aromatic rings. The average Bonchev–Trinajstić information content (AvgIpc) is 2.40. The summed E-state index contributed by atoms with van der Waals surface area (Å²) in [5.74, 6) is 0.326. The molecule has 0 heterocycles. The summed E-state index contributed by atoms with van der Waals surface area (Å²) in [6, 6.07) is 0. The summed E-state index contributed by atoms with van der Waals surface area (Å²) < 4.78 is 0. The highest BCUT2D eigenvalue weighted by molar-refractivity contribution is 5.29. The Morgan fingerprint density at radius 2 is 1.88 bits per heavy atom. The van der Waals surface area contributed by atoms with Gasteiger partial charge in [0.1, 0.15) is 0 Å². The van der Waals surface area contributed by atoms with Gasteiger partial charge in [-0.3, -0.25) is 0 Å². The SMILES string of the molecule is C=C1[C@H](CO)C[C@@]2(C)CCCC(C)(C)[C@@]12C. The summed E-state index contributed by atoms with van der Waals surface area (Å²) in [6.45, 7) is 14.2. The van der Waals surface area contributed by atoms with Crippen LogP contribution in [0.25, 0.3) is 0 Å². The molecule has 2 aliphatic carbocycles. The summed E-state index contributed by atoms with van der Waals surface area (Å²) in [7, 11) is 0. The van der Waals surface area contributed by atoms with Gasteiger partial charge in [0.25, 0.3) is 0 Å². The molecule has 0 amide bonds. The molecule has 92 valence electrons. The number of fused-ring (bicyclic) bond motifs is 1. The van der Waals surface area contributed by atoms with E-state index >= 15 is 0 Å². The molecule has 1 nitrogen and oxygen atoms in total. The van der Waals surface area contributed by atoms with Crippen LogP contribution in [-0.4, -0.2) is 11.7 Å². The fourth-order valence-electron chi connectivity index (χ4n) is 4.62. The maximum atomic E-state index is 9.52. The van der Waals surface area contributed by atoms with Crippen LogP contribution in [0.5, 0.6) is 0 Å². The van der Waals surface area contributed by atoms with Gasteiger partial charge < -0.3 is 5.11 Å². The van der Waals surface area contributed by atoms with E-state index in [9.17, 15) is 5.11 Å². The normalized spacial score (nSPS) is 46.8. The topological polar surface area (TPSA) is 20.2 Å². The molecule has 2 aliphatic rings. The number of hydrogen-bond acceptors (Lipinski definition) is 1. The van der Waals surface area contributed by atoms with Gasteiger partial charge in [0.2, 0.25) is 0 Å². The molecule has 2 saturated carbocycles. The van der Waals surface area contributed by atoms with Crippen molar-refractivity contribution in [1.29, 1.82) is 0 Å². The fraction of sp³-hybridized carbons (Fsp3) is 0.867. The van der Waals surface area contributed by atoms with E-state index in [2.05, 4.69) is 34.3 Å². The molecule has 0 radical (unpaired) electrons. The Balaban J connectivity index is 2.49. The first-order valence-electron chi connectivity index (χ1n) is 6.59. The first kappa shape index (κ1) is 12.2. The third kappa shape index (κ3) is 1.21. The summed E-state index contributed by atoms with van der Waals surface area (Å²) in [5.41, 5.74) is 2.17. The Bertz CT molecular complexity index is 317. The van der Waals surface area contributed by atoms with Crippen molar-refractivity contribution < 1.29 is 5.11 Å². The highest BCUT2D eigenvalue weighted by Gasteiger charge is 2.62. The molecule has 16 heavy (non-hydrogen) atoms. The van der Waals surface area contributed by atoms with E-state index in [1.807, 2.05) is 0 Å². The van der Waals surface area contributed by atoms with Gasteiger partial charge in [0.05, 0.1) is 0 Å². The lowest BCUT2D eigenvalue weighted by atomic mass is 9.48. The molecule has 0 saturated heterocycles. The Hall–Kier alpha value is -0.300. The quantitative estimate of drug-likeness (QED) is 0.669. The summed E-state index contributed by atoms with van der Waals surface area (Å²) >= 11 is 0. The Morgan fingerprint density at radius 1 is 1.25 bits per heavy atom. The van der Waals surface area contributed by atoms with E-state index in [-0.39, 0.29) is 12.0 Å². The van der Waals surface area contributed by atoms with Crippen LogP contribution >= 0.6 is 0 Å². The first-order valence-corrected chi connectivity index (χ1v) is 6.59. The van der Waals surface area contributed by atoms with Crippen LogP contribution in [0.15, 0.2) is 12.2 Å². The lowest BCUT2D eigenvalue weighted by Crippen LogP contribution is -2.48. The van der Waals surface area contributed by atoms with Crippen molar-refractivity contribution in [2.75, 3.05) is 6.61 Å². The Morgan fingerprint density at radius 3 is 2.38 bits per heavy atom. The second kappa shape index (κ2) is 3.35. The van der Waals surface area contributed by atoms with E-state index in [1.165, 1.54) is 24.8 Å². The minimum Gasteiger partial charge on any atom is -0.396 e. The second-order valence-electron chi connectivity index (χ2n) is 7.03. The number of aliphatic hydroxyl groups excluding tert-OH is 1. The van der Waals surface area contributed by atoms with Crippen LogP contribution in [0.1, 0.15) is 53.4 Å². The van der Waals surface area contributed by atoms with E-state index in [1.54, 1.807) is 0 Å². The maximum absolute atomic E-state index is 9.52. The van der Waals surface area contributed by atoms with Crippen molar-refractivity contribution in [2.45, 2.75) is 53.4 Å². The van der Waals surface area contributed by atoms with Crippen molar-refractivity contribution in [3.05, 3.63) is 12.2 Å². The van der Waals surface area contributed by atoms with Crippen molar-refractivity contribution in [2.24, 2.45) is 22.2 Å². The molecule has 0 aromatic carbocycles. The van der Waals surface area contributed by atoms with Gasteiger partial charge in [-0.2, -0.15) is 0 Å². The maximum Gasteiger partial charge on any atom is 0.0496 e. The lowest BCUT2D eigenvalue weighted by molar-refractivity contribution is -0.0401. The van der Waals surface area contributed by atoms with Gasteiger partial charge >= 0.3 is 0 Å². The second-order valence-corrected chi connectivity index (χ2v) is 7.03. The predicted octanol–water partition coefficient (Wildman–Crippen LogP) is 3.78. The summed E-state index contributed by atoms with van der Waals surface area (Å²) in [6.07, 6.45) is 5.03. The van der Waals surface area contributed by atoms with Crippen LogP contribution in [0.3, 0.4) is 0 Å². The van der Waals surface area contributed by atoms with Crippen molar-refractivity contribution in [3.8, 4) is 0 Å². The minimum absolute atomic E-state index is 0.200. The zero-order chi connectivity index (χ0) is 12.2. The van der Waals surface area contributed by atoms with Crippen molar-refractivity contribution in [3.63, 3.8) is 0 Å². The lowest BCUT2D eigenvalue weighted by Gasteiger charge is -2.56. The van der Waals surface area contributed by atoms with Gasteiger partial charge in [-0.05, 0) is 35.5 Å². The molecule has 3 atom stereocenters. The molecule has 1 N–H and O–H groups in total. The monoisotopic (exact) mass is 222 g/mol. The van der Waals surface area contributed by atoms with E-state index in [0.717, 1.165) is 6.42 Å². The molecule has 1 heteroatoms. The molecule has 0 unspecified atom stereocenters. The number of aliphatic hydroxyl groups is 1. The van der Waals surface area contributed by atoms with Gasteiger partial charge in [-0.25, -0.2) is 0 Å². The molecule has 0 bridgehead atoms. The van der Waals surface area contributed by atoms with Gasteiger partial charge in [0, 0.05) is 12.5 Å². The highest BCUT2D eigenvalue weighted by Crippen LogP contribution is 2.70. The van der Waals surface area contributed by atoms with Gasteiger partial charge in [-0.1, -0.05) is 46.3 Å². The molecule has 0 aromatic heterocycles. The Kier molecular flexibility index (Phi) is 2.55. The van der Waals surface area contributed by atoms with E-state index in [0.29, 0.717) is 16.7 Å². The molecule has 2 fully saturated rings. The van der Waals surface area contributed by atoms with Crippen LogP contribution in [0.4, 0.5) is 0 Å². The van der Waals surface area contributed by atoms with E-state index in [4.69, 9.17) is 0 Å². The molecule has 0 aliphatic heterocycles. The Labute approximate surface area is 99.9 Å². The third-order valence-corrected chi connectivity index (χ3v) is 6.14. The molecular formula is C15H26O.